The Bertz CT molecular complexity index is 303. The normalized spacial score (nSPS) is 10.8. The number of pyridine rings is 1. The maximum atomic E-state index is 12.4. The highest BCUT2D eigenvalue weighted by molar-refractivity contribution is 9.10. The summed E-state index contributed by atoms with van der Waals surface area (Å²) in [5.74, 6) is -1.28. The summed E-state index contributed by atoms with van der Waals surface area (Å²) in [4.78, 5) is 3.15. The van der Waals surface area contributed by atoms with Crippen LogP contribution in [0.1, 0.15) is 12.0 Å². The van der Waals surface area contributed by atoms with E-state index in [0.717, 1.165) is 0 Å². The molecule has 0 aliphatic heterocycles. The van der Waals surface area contributed by atoms with Crippen LogP contribution < -0.4 is 5.73 Å². The van der Waals surface area contributed by atoms with E-state index in [1.54, 1.807) is 0 Å². The van der Waals surface area contributed by atoms with Gasteiger partial charge in [-0.3, -0.25) is 0 Å². The first-order chi connectivity index (χ1) is 5.52. The number of aromatic nitrogens is 1. The average Bonchev–Trinajstić information content (AvgIpc) is 1.96. The molecule has 0 aromatic carbocycles. The molecule has 12 heavy (non-hydrogen) atoms. The second-order valence-corrected chi connectivity index (χ2v) is 2.83. The summed E-state index contributed by atoms with van der Waals surface area (Å²) in [6.45, 7) is 0. The second kappa shape index (κ2) is 3.30. The van der Waals surface area contributed by atoms with E-state index in [4.69, 9.17) is 5.73 Å². The predicted molar refractivity (Wildman–Crippen MR) is 41.3 cm³/mol. The van der Waals surface area contributed by atoms with Crippen LogP contribution in [0, 0.1) is 5.95 Å². The molecule has 0 amide bonds. The van der Waals surface area contributed by atoms with Crippen LogP contribution in [0.3, 0.4) is 0 Å². The van der Waals surface area contributed by atoms with Crippen molar-refractivity contribution in [1.82, 2.24) is 4.98 Å². The Balaban J connectivity index is 3.28. The van der Waals surface area contributed by atoms with Crippen LogP contribution >= 0.6 is 15.9 Å². The minimum atomic E-state index is -2.76. The number of hydrogen-bond acceptors (Lipinski definition) is 2. The third-order valence-electron chi connectivity index (χ3n) is 1.22. The van der Waals surface area contributed by atoms with Gasteiger partial charge >= 0.3 is 0 Å². The lowest BCUT2D eigenvalue weighted by Crippen LogP contribution is -1.99. The Morgan fingerprint density at radius 2 is 2.08 bits per heavy atom. The van der Waals surface area contributed by atoms with Crippen molar-refractivity contribution in [3.05, 3.63) is 22.1 Å². The highest BCUT2D eigenvalue weighted by Crippen LogP contribution is 2.30. The van der Waals surface area contributed by atoms with Crippen molar-refractivity contribution < 1.29 is 13.2 Å². The molecule has 6 heteroatoms. The number of anilines is 1. The summed E-state index contributed by atoms with van der Waals surface area (Å²) >= 11 is 2.78. The molecule has 0 radical (unpaired) electrons. The molecule has 0 unspecified atom stereocenters. The lowest BCUT2D eigenvalue weighted by molar-refractivity contribution is 0.150. The first-order valence-electron chi connectivity index (χ1n) is 2.92. The van der Waals surface area contributed by atoms with Crippen LogP contribution in [0.25, 0.3) is 0 Å². The van der Waals surface area contributed by atoms with Gasteiger partial charge in [-0.05, 0) is 15.9 Å². The highest BCUT2D eigenvalue weighted by Gasteiger charge is 2.15. The summed E-state index contributed by atoms with van der Waals surface area (Å²) in [5.41, 5.74) is 4.64. The van der Waals surface area contributed by atoms with Crippen LogP contribution in [0.15, 0.2) is 10.5 Å². The Morgan fingerprint density at radius 3 is 2.58 bits per heavy atom. The smallest absolute Gasteiger partial charge is 0.265 e. The third kappa shape index (κ3) is 1.69. The number of nitrogens with zero attached hydrogens (tertiary/aromatic N) is 1. The van der Waals surface area contributed by atoms with Gasteiger partial charge in [0.1, 0.15) is 5.82 Å². The zero-order valence-corrected chi connectivity index (χ0v) is 7.28. The molecule has 0 spiro atoms. The van der Waals surface area contributed by atoms with Crippen molar-refractivity contribution in [2.75, 3.05) is 5.73 Å². The standard InChI is InChI=1S/C6H4BrF3N2/c7-4-2(5(9)10)1-3(8)12-6(4)11/h1,5H,(H2,11,12). The van der Waals surface area contributed by atoms with E-state index >= 15 is 0 Å². The molecule has 66 valence electrons. The van der Waals surface area contributed by atoms with E-state index in [1.165, 1.54) is 0 Å². The minimum absolute atomic E-state index is 0.0566. The Labute approximate surface area is 74.7 Å². The first kappa shape index (κ1) is 9.31. The van der Waals surface area contributed by atoms with Crippen LogP contribution in [0.2, 0.25) is 0 Å². The molecule has 1 aromatic heterocycles. The summed E-state index contributed by atoms with van der Waals surface area (Å²) < 4.78 is 36.6. The monoisotopic (exact) mass is 240 g/mol. The summed E-state index contributed by atoms with van der Waals surface area (Å²) in [6, 6.07) is 0.644. The fourth-order valence-electron chi connectivity index (χ4n) is 0.695. The molecular formula is C6H4BrF3N2. The summed E-state index contributed by atoms with van der Waals surface area (Å²) in [7, 11) is 0. The second-order valence-electron chi connectivity index (χ2n) is 2.03. The first-order valence-corrected chi connectivity index (χ1v) is 3.71. The van der Waals surface area contributed by atoms with Gasteiger partial charge in [-0.1, -0.05) is 0 Å². The molecule has 1 heterocycles. The fourth-order valence-corrected chi connectivity index (χ4v) is 1.07. The molecule has 0 atom stereocenters. The Kier molecular flexibility index (Phi) is 2.56. The van der Waals surface area contributed by atoms with E-state index in [-0.39, 0.29) is 10.3 Å². The maximum absolute atomic E-state index is 12.4. The van der Waals surface area contributed by atoms with E-state index in [0.29, 0.717) is 6.07 Å². The average molecular weight is 241 g/mol. The molecule has 0 aliphatic rings. The van der Waals surface area contributed by atoms with E-state index in [2.05, 4.69) is 20.9 Å². The molecule has 0 saturated heterocycles. The van der Waals surface area contributed by atoms with Crippen LogP contribution in [-0.2, 0) is 0 Å². The van der Waals surface area contributed by atoms with Gasteiger partial charge in [-0.15, -0.1) is 0 Å². The minimum Gasteiger partial charge on any atom is -0.383 e. The molecule has 0 bridgehead atoms. The maximum Gasteiger partial charge on any atom is 0.265 e. The SMILES string of the molecule is Nc1nc(F)cc(C(F)F)c1Br. The van der Waals surface area contributed by atoms with Crippen molar-refractivity contribution >= 4 is 21.7 Å². The zero-order valence-electron chi connectivity index (χ0n) is 5.69. The molecule has 0 aliphatic carbocycles. The van der Waals surface area contributed by atoms with Crippen molar-refractivity contribution in [1.29, 1.82) is 0 Å². The van der Waals surface area contributed by atoms with Gasteiger partial charge in [0.25, 0.3) is 6.43 Å². The predicted octanol–water partition coefficient (Wildman–Crippen LogP) is 2.50. The van der Waals surface area contributed by atoms with Crippen LogP contribution in [0.4, 0.5) is 19.0 Å². The molecular weight excluding hydrogens is 237 g/mol. The molecule has 0 saturated carbocycles. The lowest BCUT2D eigenvalue weighted by Gasteiger charge is -2.04. The van der Waals surface area contributed by atoms with Gasteiger partial charge in [0.05, 0.1) is 4.47 Å². The largest absolute Gasteiger partial charge is 0.383 e. The molecule has 2 nitrogen and oxygen atoms in total. The van der Waals surface area contributed by atoms with Crippen molar-refractivity contribution in [3.8, 4) is 0 Å². The van der Waals surface area contributed by atoms with E-state index in [1.807, 2.05) is 0 Å². The van der Waals surface area contributed by atoms with Crippen molar-refractivity contribution in [3.63, 3.8) is 0 Å². The van der Waals surface area contributed by atoms with Gasteiger partial charge in [0.15, 0.2) is 0 Å². The van der Waals surface area contributed by atoms with Crippen LogP contribution in [-0.4, -0.2) is 4.98 Å². The fraction of sp³-hybridized carbons (Fsp3) is 0.167. The van der Waals surface area contributed by atoms with Crippen LogP contribution in [0.5, 0.6) is 0 Å². The molecule has 0 fully saturated rings. The van der Waals surface area contributed by atoms with Gasteiger partial charge in [-0.2, -0.15) is 4.39 Å². The molecule has 1 aromatic rings. The van der Waals surface area contributed by atoms with Crippen molar-refractivity contribution in [2.24, 2.45) is 0 Å². The van der Waals surface area contributed by atoms with Gasteiger partial charge in [0.2, 0.25) is 5.95 Å². The van der Waals surface area contributed by atoms with Gasteiger partial charge in [-0.25, -0.2) is 13.8 Å². The number of hydrogen-bond donors (Lipinski definition) is 1. The number of rotatable bonds is 1. The molecule has 2 N–H and O–H groups in total. The lowest BCUT2D eigenvalue weighted by atomic mass is 10.3. The summed E-state index contributed by atoms with van der Waals surface area (Å²) in [6.07, 6.45) is -2.76. The number of nitrogens with two attached hydrogens (primary N) is 1. The van der Waals surface area contributed by atoms with E-state index < -0.39 is 17.9 Å². The summed E-state index contributed by atoms with van der Waals surface area (Å²) in [5, 5.41) is 0. The topological polar surface area (TPSA) is 38.9 Å². The Morgan fingerprint density at radius 1 is 1.50 bits per heavy atom. The van der Waals surface area contributed by atoms with Gasteiger partial charge < -0.3 is 5.73 Å². The third-order valence-corrected chi connectivity index (χ3v) is 2.08. The zero-order chi connectivity index (χ0) is 9.30. The molecule has 1 rings (SSSR count). The number of halogens is 4. The van der Waals surface area contributed by atoms with E-state index in [9.17, 15) is 13.2 Å². The number of alkyl halides is 2. The van der Waals surface area contributed by atoms with Gasteiger partial charge in [0, 0.05) is 11.6 Å². The van der Waals surface area contributed by atoms with Crippen molar-refractivity contribution in [2.45, 2.75) is 6.43 Å². The highest BCUT2D eigenvalue weighted by atomic mass is 79.9. The Hall–Kier alpha value is -0.780. The number of nitrogen functional groups attached to an aromatic ring is 1. The quantitative estimate of drug-likeness (QED) is 0.767.